The minimum atomic E-state index is -0.521. The van der Waals surface area contributed by atoms with E-state index in [1.54, 1.807) is 36.2 Å². The van der Waals surface area contributed by atoms with Gasteiger partial charge in [0.05, 0.1) is 29.4 Å². The molecule has 0 aliphatic heterocycles. The van der Waals surface area contributed by atoms with E-state index >= 15 is 0 Å². The molecule has 1 aromatic heterocycles. The quantitative estimate of drug-likeness (QED) is 0.623. The summed E-state index contributed by atoms with van der Waals surface area (Å²) in [7, 11) is 1.67. The van der Waals surface area contributed by atoms with Crippen molar-refractivity contribution < 1.29 is 14.4 Å². The number of hydrogen-bond acceptors (Lipinski definition) is 5. The summed E-state index contributed by atoms with van der Waals surface area (Å²) in [5.74, 6) is -1.11. The van der Waals surface area contributed by atoms with E-state index in [-0.39, 0.29) is 24.9 Å². The van der Waals surface area contributed by atoms with Gasteiger partial charge in [-0.2, -0.15) is 0 Å². The van der Waals surface area contributed by atoms with Crippen LogP contribution in [0.15, 0.2) is 24.3 Å². The van der Waals surface area contributed by atoms with Gasteiger partial charge in [-0.25, -0.2) is 0 Å². The highest BCUT2D eigenvalue weighted by atomic mass is 35.5. The maximum Gasteiger partial charge on any atom is 0.251 e. The van der Waals surface area contributed by atoms with E-state index < -0.39 is 5.91 Å². The van der Waals surface area contributed by atoms with Crippen LogP contribution in [0.3, 0.4) is 0 Å². The summed E-state index contributed by atoms with van der Waals surface area (Å²) in [5.41, 5.74) is 7.47. The third-order valence-corrected chi connectivity index (χ3v) is 6.18. The average molecular weight is 435 g/mol. The number of fused-ring (bicyclic) bond motifs is 1. The average Bonchev–Trinajstić information content (AvgIpc) is 3.01. The molecule has 1 aliphatic rings. The predicted molar refractivity (Wildman–Crippen MR) is 116 cm³/mol. The molecule has 1 heterocycles. The molecule has 0 unspecified atom stereocenters. The minimum Gasteiger partial charge on any atom is -0.365 e. The summed E-state index contributed by atoms with van der Waals surface area (Å²) in [6.07, 6.45) is 3.80. The lowest BCUT2D eigenvalue weighted by atomic mass is 9.95. The van der Waals surface area contributed by atoms with Gasteiger partial charge in [-0.05, 0) is 50.4 Å². The van der Waals surface area contributed by atoms with Crippen molar-refractivity contribution in [2.45, 2.75) is 25.7 Å². The van der Waals surface area contributed by atoms with Crippen molar-refractivity contribution in [1.29, 1.82) is 0 Å². The number of aryl methyl sites for hydroxylation is 1. The number of benzene rings is 1. The number of amides is 3. The highest BCUT2D eigenvalue weighted by Crippen LogP contribution is 2.37. The fourth-order valence-corrected chi connectivity index (χ4v) is 4.87. The number of carbonyl (C=O) groups is 3. The molecule has 1 aliphatic carbocycles. The zero-order valence-corrected chi connectivity index (χ0v) is 17.7. The number of para-hydroxylation sites is 1. The number of nitrogens with one attached hydrogen (secondary N) is 2. The molecular formula is C20H23ClN4O3S. The zero-order valence-electron chi connectivity index (χ0n) is 16.1. The second-order valence-corrected chi connectivity index (χ2v) is 8.54. The number of thiophene rings is 1. The smallest absolute Gasteiger partial charge is 0.251 e. The maximum absolute atomic E-state index is 12.5. The van der Waals surface area contributed by atoms with Gasteiger partial charge in [-0.15, -0.1) is 11.3 Å². The van der Waals surface area contributed by atoms with E-state index in [9.17, 15) is 14.4 Å². The number of primary amides is 1. The lowest BCUT2D eigenvalue weighted by Gasteiger charge is -2.16. The molecule has 0 bridgehead atoms. The number of likely N-dealkylation sites (N-methyl/N-ethyl adjacent to an activating group) is 1. The first kappa shape index (κ1) is 21.3. The molecule has 4 N–H and O–H groups in total. The largest absolute Gasteiger partial charge is 0.365 e. The molecule has 2 aromatic rings. The Morgan fingerprint density at radius 3 is 2.45 bits per heavy atom. The number of nitrogens with zero attached hydrogens (tertiary/aromatic N) is 1. The minimum absolute atomic E-state index is 0.00326. The Morgan fingerprint density at radius 1 is 1.10 bits per heavy atom. The molecule has 154 valence electrons. The van der Waals surface area contributed by atoms with Crippen LogP contribution in [0.2, 0.25) is 5.02 Å². The highest BCUT2D eigenvalue weighted by Gasteiger charge is 2.25. The second-order valence-electron chi connectivity index (χ2n) is 7.03. The van der Waals surface area contributed by atoms with Crippen LogP contribution in [0.1, 0.15) is 33.6 Å². The lowest BCUT2D eigenvalue weighted by molar-refractivity contribution is -0.119. The van der Waals surface area contributed by atoms with Crippen molar-refractivity contribution in [3.8, 4) is 0 Å². The molecule has 7 nitrogen and oxygen atoms in total. The Balaban J connectivity index is 1.58. The van der Waals surface area contributed by atoms with Crippen LogP contribution in [0.25, 0.3) is 0 Å². The number of nitrogens with two attached hydrogens (primary N) is 1. The summed E-state index contributed by atoms with van der Waals surface area (Å²) >= 11 is 7.45. The third-order valence-electron chi connectivity index (χ3n) is 4.65. The molecule has 0 saturated carbocycles. The zero-order chi connectivity index (χ0) is 21.0. The van der Waals surface area contributed by atoms with Crippen molar-refractivity contribution in [3.05, 3.63) is 45.3 Å². The molecule has 0 atom stereocenters. The molecule has 0 spiro atoms. The molecule has 9 heteroatoms. The Morgan fingerprint density at radius 2 is 1.76 bits per heavy atom. The molecule has 29 heavy (non-hydrogen) atoms. The van der Waals surface area contributed by atoms with Crippen LogP contribution in [0.4, 0.5) is 10.7 Å². The van der Waals surface area contributed by atoms with E-state index in [2.05, 4.69) is 10.6 Å². The van der Waals surface area contributed by atoms with Crippen LogP contribution >= 0.6 is 22.9 Å². The van der Waals surface area contributed by atoms with Crippen LogP contribution in [-0.2, 0) is 22.4 Å². The molecule has 0 saturated heterocycles. The van der Waals surface area contributed by atoms with Crippen LogP contribution < -0.4 is 16.4 Å². The number of hydrogen-bond donors (Lipinski definition) is 3. The number of carbonyl (C=O) groups excluding carboxylic acids is 3. The molecule has 0 fully saturated rings. The van der Waals surface area contributed by atoms with Gasteiger partial charge in [0.1, 0.15) is 5.00 Å². The van der Waals surface area contributed by atoms with Gasteiger partial charge in [0, 0.05) is 4.88 Å². The molecule has 0 radical (unpaired) electrons. The van der Waals surface area contributed by atoms with E-state index in [1.807, 2.05) is 0 Å². The molecule has 1 aromatic carbocycles. The number of rotatable bonds is 7. The van der Waals surface area contributed by atoms with E-state index in [1.165, 1.54) is 11.3 Å². The van der Waals surface area contributed by atoms with Gasteiger partial charge < -0.3 is 16.4 Å². The van der Waals surface area contributed by atoms with Crippen LogP contribution in [-0.4, -0.2) is 42.8 Å². The van der Waals surface area contributed by atoms with Crippen molar-refractivity contribution in [2.24, 2.45) is 5.73 Å². The molecule has 3 rings (SSSR count). The normalized spacial score (nSPS) is 13.1. The molecule has 3 amide bonds. The predicted octanol–water partition coefficient (Wildman–Crippen LogP) is 2.89. The summed E-state index contributed by atoms with van der Waals surface area (Å²) in [4.78, 5) is 39.3. The first-order valence-corrected chi connectivity index (χ1v) is 10.5. The summed E-state index contributed by atoms with van der Waals surface area (Å²) in [6.45, 7) is 0.0129. The summed E-state index contributed by atoms with van der Waals surface area (Å²) in [6, 6.07) is 6.94. The van der Waals surface area contributed by atoms with Crippen molar-refractivity contribution >= 4 is 51.3 Å². The van der Waals surface area contributed by atoms with Crippen molar-refractivity contribution in [1.82, 2.24) is 4.90 Å². The van der Waals surface area contributed by atoms with Crippen molar-refractivity contribution in [3.63, 3.8) is 0 Å². The summed E-state index contributed by atoms with van der Waals surface area (Å²) < 4.78 is 0. The SMILES string of the molecule is CN(CC(=O)Nc1ccccc1Cl)CC(=O)Nc1sc2c(c1C(N)=O)CCCC2. The van der Waals surface area contributed by atoms with Gasteiger partial charge in [0.25, 0.3) is 5.91 Å². The van der Waals surface area contributed by atoms with Gasteiger partial charge in [0.15, 0.2) is 0 Å². The molecular weight excluding hydrogens is 412 g/mol. The topological polar surface area (TPSA) is 105 Å². The Bertz CT molecular complexity index is 944. The Labute approximate surface area is 178 Å². The first-order valence-electron chi connectivity index (χ1n) is 9.32. The third kappa shape index (κ3) is 5.35. The Kier molecular flexibility index (Phi) is 6.89. The van der Waals surface area contributed by atoms with Gasteiger partial charge in [0.2, 0.25) is 11.8 Å². The number of anilines is 2. The van der Waals surface area contributed by atoms with Crippen LogP contribution in [0, 0.1) is 0 Å². The van der Waals surface area contributed by atoms with Gasteiger partial charge >= 0.3 is 0 Å². The number of halogens is 1. The fraction of sp³-hybridized carbons (Fsp3) is 0.350. The van der Waals surface area contributed by atoms with Crippen LogP contribution in [0.5, 0.6) is 0 Å². The van der Waals surface area contributed by atoms with Crippen molar-refractivity contribution in [2.75, 3.05) is 30.8 Å². The lowest BCUT2D eigenvalue weighted by Crippen LogP contribution is -2.36. The standard InChI is InChI=1S/C20H23ClN4O3S/c1-25(10-16(26)23-14-8-4-3-7-13(14)21)11-17(27)24-20-18(19(22)28)12-6-2-5-9-15(12)29-20/h3-4,7-8H,2,5-6,9-11H2,1H3,(H2,22,28)(H,23,26)(H,24,27). The highest BCUT2D eigenvalue weighted by molar-refractivity contribution is 7.17. The van der Waals surface area contributed by atoms with E-state index in [4.69, 9.17) is 17.3 Å². The van der Waals surface area contributed by atoms with E-state index in [0.29, 0.717) is 21.3 Å². The first-order chi connectivity index (χ1) is 13.8. The maximum atomic E-state index is 12.5. The summed E-state index contributed by atoms with van der Waals surface area (Å²) in [5, 5.41) is 6.46. The van der Waals surface area contributed by atoms with Gasteiger partial charge in [-0.3, -0.25) is 19.3 Å². The fourth-order valence-electron chi connectivity index (χ4n) is 3.38. The Hall–Kier alpha value is -2.42. The second kappa shape index (κ2) is 9.39. The van der Waals surface area contributed by atoms with E-state index in [0.717, 1.165) is 36.1 Å². The van der Waals surface area contributed by atoms with Gasteiger partial charge in [-0.1, -0.05) is 23.7 Å². The monoisotopic (exact) mass is 434 g/mol.